The maximum absolute atomic E-state index is 6.32. The molecule has 0 radical (unpaired) electrons. The Kier molecular flexibility index (Phi) is 3.42. The fourth-order valence-corrected chi connectivity index (χ4v) is 5.12. The summed E-state index contributed by atoms with van der Waals surface area (Å²) in [6.45, 7) is 8.25. The Morgan fingerprint density at radius 3 is 2.67 bits per heavy atom. The van der Waals surface area contributed by atoms with E-state index in [0.717, 1.165) is 38.0 Å². The van der Waals surface area contributed by atoms with Gasteiger partial charge in [0.1, 0.15) is 0 Å². The van der Waals surface area contributed by atoms with Crippen LogP contribution in [0.4, 0.5) is 0 Å². The first kappa shape index (κ1) is 13.2. The van der Waals surface area contributed by atoms with Gasteiger partial charge in [-0.2, -0.15) is 17.7 Å². The van der Waals surface area contributed by atoms with Crippen molar-refractivity contribution in [1.82, 2.24) is 5.06 Å². The number of thiol groups is 1. The molecule has 3 aliphatic rings. The zero-order valence-electron chi connectivity index (χ0n) is 11.5. The van der Waals surface area contributed by atoms with Crippen LogP contribution < -0.4 is 0 Å². The van der Waals surface area contributed by atoms with E-state index in [0.29, 0.717) is 11.5 Å². The third-order valence-electron chi connectivity index (χ3n) is 5.89. The van der Waals surface area contributed by atoms with Gasteiger partial charge in [0.25, 0.3) is 0 Å². The summed E-state index contributed by atoms with van der Waals surface area (Å²) in [5.41, 5.74) is 0.658. The van der Waals surface area contributed by atoms with Crippen LogP contribution in [0.3, 0.4) is 0 Å². The van der Waals surface area contributed by atoms with Crippen molar-refractivity contribution in [2.45, 2.75) is 39.2 Å². The van der Waals surface area contributed by atoms with E-state index in [1.54, 1.807) is 0 Å². The van der Waals surface area contributed by atoms with E-state index in [-0.39, 0.29) is 5.41 Å². The summed E-state index contributed by atoms with van der Waals surface area (Å²) >= 11 is 4.68. The quantitative estimate of drug-likeness (QED) is 0.797. The van der Waals surface area contributed by atoms with Crippen molar-refractivity contribution in [3.63, 3.8) is 0 Å². The van der Waals surface area contributed by atoms with Crippen LogP contribution in [0.1, 0.15) is 33.1 Å². The van der Waals surface area contributed by atoms with Crippen molar-refractivity contribution in [3.05, 3.63) is 0 Å². The Bertz CT molecular complexity index is 317. The van der Waals surface area contributed by atoms with Gasteiger partial charge in [-0.05, 0) is 36.3 Å². The minimum atomic E-state index is 0.277. The van der Waals surface area contributed by atoms with Crippen molar-refractivity contribution in [2.24, 2.45) is 16.7 Å². The molecule has 2 bridgehead atoms. The monoisotopic (exact) mass is 271 g/mol. The normalized spacial score (nSPS) is 43.5. The van der Waals surface area contributed by atoms with Crippen LogP contribution in [-0.4, -0.2) is 43.2 Å². The summed E-state index contributed by atoms with van der Waals surface area (Å²) < 4.78 is 5.38. The molecule has 1 heterocycles. The average Bonchev–Trinajstić information content (AvgIpc) is 2.74. The average molecular weight is 271 g/mol. The van der Waals surface area contributed by atoms with E-state index in [1.165, 1.54) is 19.3 Å². The van der Waals surface area contributed by atoms with Gasteiger partial charge in [0.15, 0.2) is 0 Å². The second kappa shape index (κ2) is 4.65. The Morgan fingerprint density at radius 2 is 2.06 bits per heavy atom. The molecule has 0 aromatic carbocycles. The lowest BCUT2D eigenvalue weighted by molar-refractivity contribution is -0.250. The highest BCUT2D eigenvalue weighted by Gasteiger charge is 2.64. The molecule has 3 fully saturated rings. The molecule has 104 valence electrons. The largest absolute Gasteiger partial charge is 0.379 e. The van der Waals surface area contributed by atoms with Gasteiger partial charge in [0, 0.05) is 18.5 Å². The van der Waals surface area contributed by atoms with E-state index < -0.39 is 0 Å². The standard InChI is InChI=1S/C14H25NO2S/c1-13(2)11-3-4-14(13,10-18)12(9-11)17-15-5-7-16-8-6-15/h11-12,18H,3-10H2,1-2H3/t11-,12+,14+/m1/s1. The highest BCUT2D eigenvalue weighted by Crippen LogP contribution is 2.66. The second-order valence-corrected chi connectivity index (χ2v) is 6.96. The molecule has 1 saturated heterocycles. The molecule has 0 N–H and O–H groups in total. The van der Waals surface area contributed by atoms with Crippen LogP contribution in [0.5, 0.6) is 0 Å². The highest BCUT2D eigenvalue weighted by molar-refractivity contribution is 7.80. The molecule has 2 saturated carbocycles. The van der Waals surface area contributed by atoms with E-state index >= 15 is 0 Å². The van der Waals surface area contributed by atoms with Crippen LogP contribution in [0.2, 0.25) is 0 Å². The zero-order chi connectivity index (χ0) is 12.8. The maximum atomic E-state index is 6.32. The van der Waals surface area contributed by atoms with Crippen molar-refractivity contribution in [2.75, 3.05) is 32.1 Å². The Hall–Kier alpha value is 0.230. The van der Waals surface area contributed by atoms with Gasteiger partial charge in [-0.1, -0.05) is 13.8 Å². The predicted octanol–water partition coefficient (Wildman–Crippen LogP) is 2.37. The predicted molar refractivity (Wildman–Crippen MR) is 74.7 cm³/mol. The Morgan fingerprint density at radius 1 is 1.33 bits per heavy atom. The van der Waals surface area contributed by atoms with Gasteiger partial charge in [-0.3, -0.25) is 4.84 Å². The molecule has 0 amide bonds. The molecule has 0 aromatic rings. The fraction of sp³-hybridized carbons (Fsp3) is 1.00. The molecule has 0 spiro atoms. The molecule has 3 rings (SSSR count). The third kappa shape index (κ3) is 1.76. The Balaban J connectivity index is 1.73. The van der Waals surface area contributed by atoms with Crippen molar-refractivity contribution >= 4 is 12.6 Å². The van der Waals surface area contributed by atoms with Crippen LogP contribution >= 0.6 is 12.6 Å². The summed E-state index contributed by atoms with van der Waals surface area (Å²) in [6, 6.07) is 0. The van der Waals surface area contributed by atoms with Crippen molar-refractivity contribution < 1.29 is 9.57 Å². The van der Waals surface area contributed by atoms with Gasteiger partial charge in [0.2, 0.25) is 0 Å². The first-order chi connectivity index (χ1) is 8.60. The van der Waals surface area contributed by atoms with Gasteiger partial charge >= 0.3 is 0 Å². The maximum Gasteiger partial charge on any atom is 0.0865 e. The number of rotatable bonds is 3. The highest BCUT2D eigenvalue weighted by atomic mass is 32.1. The number of hydrogen-bond acceptors (Lipinski definition) is 4. The lowest BCUT2D eigenvalue weighted by atomic mass is 9.70. The smallest absolute Gasteiger partial charge is 0.0865 e. The lowest BCUT2D eigenvalue weighted by Crippen LogP contribution is -2.47. The molecule has 0 aromatic heterocycles. The molecule has 0 unspecified atom stereocenters. The van der Waals surface area contributed by atoms with Crippen LogP contribution in [-0.2, 0) is 9.57 Å². The first-order valence-electron chi connectivity index (χ1n) is 7.20. The molecular weight excluding hydrogens is 246 g/mol. The van der Waals surface area contributed by atoms with Gasteiger partial charge in [-0.25, -0.2) is 0 Å². The van der Waals surface area contributed by atoms with Gasteiger partial charge in [0.05, 0.1) is 19.3 Å². The summed E-state index contributed by atoms with van der Waals surface area (Å²) in [7, 11) is 0. The topological polar surface area (TPSA) is 21.7 Å². The first-order valence-corrected chi connectivity index (χ1v) is 7.84. The van der Waals surface area contributed by atoms with Crippen molar-refractivity contribution in [3.8, 4) is 0 Å². The number of ether oxygens (including phenoxy) is 1. The zero-order valence-corrected chi connectivity index (χ0v) is 12.4. The molecule has 2 aliphatic carbocycles. The number of hydroxylamine groups is 2. The third-order valence-corrected chi connectivity index (χ3v) is 6.45. The number of hydrogen-bond donors (Lipinski definition) is 1. The van der Waals surface area contributed by atoms with Crippen molar-refractivity contribution in [1.29, 1.82) is 0 Å². The summed E-state index contributed by atoms with van der Waals surface area (Å²) in [6.07, 6.45) is 4.21. The molecule has 4 heteroatoms. The van der Waals surface area contributed by atoms with Crippen LogP contribution in [0.25, 0.3) is 0 Å². The Labute approximate surface area is 116 Å². The molecule has 18 heavy (non-hydrogen) atoms. The lowest BCUT2D eigenvalue weighted by Gasteiger charge is -2.43. The number of morpholine rings is 1. The molecular formula is C14H25NO2S. The van der Waals surface area contributed by atoms with Gasteiger partial charge in [-0.15, -0.1) is 0 Å². The van der Waals surface area contributed by atoms with Crippen LogP contribution in [0.15, 0.2) is 0 Å². The number of fused-ring (bicyclic) bond motifs is 2. The van der Waals surface area contributed by atoms with E-state index in [2.05, 4.69) is 31.5 Å². The minimum Gasteiger partial charge on any atom is -0.379 e. The van der Waals surface area contributed by atoms with E-state index in [9.17, 15) is 0 Å². The minimum absolute atomic E-state index is 0.277. The SMILES string of the molecule is CC1(C)[C@@H]2CC[C@]1(CS)[C@@H](ON1CCOCC1)C2. The molecule has 3 atom stereocenters. The van der Waals surface area contributed by atoms with E-state index in [4.69, 9.17) is 9.57 Å². The second-order valence-electron chi connectivity index (χ2n) is 6.64. The van der Waals surface area contributed by atoms with Gasteiger partial charge < -0.3 is 4.74 Å². The molecule has 1 aliphatic heterocycles. The summed E-state index contributed by atoms with van der Waals surface area (Å²) in [4.78, 5) is 6.32. The number of nitrogens with zero attached hydrogens (tertiary/aromatic N) is 1. The van der Waals surface area contributed by atoms with E-state index in [1.807, 2.05) is 0 Å². The van der Waals surface area contributed by atoms with Crippen LogP contribution in [0, 0.1) is 16.7 Å². The molecule has 3 nitrogen and oxygen atoms in total. The fourth-order valence-electron chi connectivity index (χ4n) is 4.35. The summed E-state index contributed by atoms with van der Waals surface area (Å²) in [5, 5.41) is 2.12. The summed E-state index contributed by atoms with van der Waals surface area (Å²) in [5.74, 6) is 1.77.